The van der Waals surface area contributed by atoms with E-state index < -0.39 is 0 Å². The van der Waals surface area contributed by atoms with E-state index in [1.54, 1.807) is 0 Å². The second kappa shape index (κ2) is 5.19. The summed E-state index contributed by atoms with van der Waals surface area (Å²) in [5.41, 5.74) is 3.54. The van der Waals surface area contributed by atoms with Crippen molar-refractivity contribution in [2.45, 2.75) is 25.4 Å². The van der Waals surface area contributed by atoms with Gasteiger partial charge < -0.3 is 5.32 Å². The molecule has 0 aliphatic heterocycles. The normalized spacial score (nSPS) is 15.3. The molecule has 92 valence electrons. The molecule has 3 heteroatoms. The molecule has 1 aliphatic rings. The first-order chi connectivity index (χ1) is 8.93. The van der Waals surface area contributed by atoms with E-state index in [1.807, 2.05) is 24.4 Å². The minimum absolute atomic E-state index is 0.587. The molecule has 2 aromatic rings. The van der Waals surface area contributed by atoms with Crippen LogP contribution in [0.2, 0.25) is 0 Å². The van der Waals surface area contributed by atoms with Crippen LogP contribution in [0.15, 0.2) is 48.7 Å². The van der Waals surface area contributed by atoms with Gasteiger partial charge in [-0.1, -0.05) is 42.5 Å². The van der Waals surface area contributed by atoms with E-state index in [0.29, 0.717) is 6.04 Å². The highest BCUT2D eigenvalue weighted by Crippen LogP contribution is 2.21. The summed E-state index contributed by atoms with van der Waals surface area (Å²) in [4.78, 5) is 0. The van der Waals surface area contributed by atoms with E-state index in [-0.39, 0.29) is 0 Å². The number of benzene rings is 1. The average molecular weight is 239 g/mol. The Balaban J connectivity index is 1.71. The first kappa shape index (κ1) is 11.2. The van der Waals surface area contributed by atoms with E-state index in [4.69, 9.17) is 0 Å². The number of H-pyrrole nitrogens is 1. The number of nitrogens with zero attached hydrogens (tertiary/aromatic N) is 1. The van der Waals surface area contributed by atoms with Crippen LogP contribution in [0.25, 0.3) is 11.3 Å². The van der Waals surface area contributed by atoms with Gasteiger partial charge in [0, 0.05) is 18.2 Å². The lowest BCUT2D eigenvalue weighted by Gasteiger charge is -2.11. The Bertz CT molecular complexity index is 520. The molecule has 0 saturated heterocycles. The number of hydrogen-bond acceptors (Lipinski definition) is 2. The molecule has 0 spiro atoms. The van der Waals surface area contributed by atoms with Crippen LogP contribution < -0.4 is 5.32 Å². The van der Waals surface area contributed by atoms with Crippen molar-refractivity contribution in [1.29, 1.82) is 0 Å². The SMILES string of the molecule is C1=CCC(NCc2cn[nH]c2-c2ccccc2)C1. The minimum atomic E-state index is 0.587. The maximum atomic E-state index is 4.16. The van der Waals surface area contributed by atoms with E-state index in [2.05, 4.69) is 39.8 Å². The molecule has 0 radical (unpaired) electrons. The molecule has 0 unspecified atom stereocenters. The summed E-state index contributed by atoms with van der Waals surface area (Å²) in [6, 6.07) is 10.9. The molecule has 3 rings (SSSR count). The molecule has 0 fully saturated rings. The fraction of sp³-hybridized carbons (Fsp3) is 0.267. The quantitative estimate of drug-likeness (QED) is 0.805. The van der Waals surface area contributed by atoms with Gasteiger partial charge in [-0.15, -0.1) is 0 Å². The van der Waals surface area contributed by atoms with Crippen molar-refractivity contribution in [3.63, 3.8) is 0 Å². The third-order valence-corrected chi connectivity index (χ3v) is 3.37. The van der Waals surface area contributed by atoms with E-state index in [9.17, 15) is 0 Å². The second-order valence-corrected chi connectivity index (χ2v) is 4.66. The van der Waals surface area contributed by atoms with Gasteiger partial charge in [-0.05, 0) is 18.4 Å². The van der Waals surface area contributed by atoms with Crippen molar-refractivity contribution in [3.05, 3.63) is 54.2 Å². The zero-order chi connectivity index (χ0) is 12.2. The summed E-state index contributed by atoms with van der Waals surface area (Å²) < 4.78 is 0. The Morgan fingerprint density at radius 2 is 1.94 bits per heavy atom. The van der Waals surface area contributed by atoms with Gasteiger partial charge in [0.1, 0.15) is 0 Å². The summed E-state index contributed by atoms with van der Waals surface area (Å²) in [5.74, 6) is 0. The van der Waals surface area contributed by atoms with Gasteiger partial charge in [0.05, 0.1) is 11.9 Å². The highest BCUT2D eigenvalue weighted by Gasteiger charge is 2.12. The standard InChI is InChI=1S/C15H17N3/c1-2-6-12(7-3-1)15-13(11-17-18-15)10-16-14-8-4-5-9-14/h1-7,11,14,16H,8-10H2,(H,17,18). The predicted octanol–water partition coefficient (Wildman–Crippen LogP) is 2.88. The number of aromatic nitrogens is 2. The maximum absolute atomic E-state index is 4.16. The molecule has 18 heavy (non-hydrogen) atoms. The topological polar surface area (TPSA) is 40.7 Å². The highest BCUT2D eigenvalue weighted by atomic mass is 15.1. The molecule has 3 nitrogen and oxygen atoms in total. The molecule has 1 aliphatic carbocycles. The van der Waals surface area contributed by atoms with Crippen LogP contribution in [0.4, 0.5) is 0 Å². The minimum Gasteiger partial charge on any atom is -0.309 e. The zero-order valence-corrected chi connectivity index (χ0v) is 10.3. The van der Waals surface area contributed by atoms with Gasteiger partial charge in [-0.2, -0.15) is 5.10 Å². The Morgan fingerprint density at radius 1 is 1.17 bits per heavy atom. The monoisotopic (exact) mass is 239 g/mol. The molecular weight excluding hydrogens is 222 g/mol. The second-order valence-electron chi connectivity index (χ2n) is 4.66. The van der Waals surface area contributed by atoms with Crippen LogP contribution in [0, 0.1) is 0 Å². The average Bonchev–Trinajstić information content (AvgIpc) is 3.09. The Hall–Kier alpha value is -1.87. The number of nitrogens with one attached hydrogen (secondary N) is 2. The lowest BCUT2D eigenvalue weighted by atomic mass is 10.1. The molecule has 0 amide bonds. The van der Waals surface area contributed by atoms with Gasteiger partial charge in [0.25, 0.3) is 0 Å². The van der Waals surface area contributed by atoms with E-state index in [0.717, 1.165) is 25.1 Å². The van der Waals surface area contributed by atoms with Crippen molar-refractivity contribution >= 4 is 0 Å². The van der Waals surface area contributed by atoms with Crippen LogP contribution in [0.1, 0.15) is 18.4 Å². The number of aromatic amines is 1. The van der Waals surface area contributed by atoms with Crippen LogP contribution in [0.3, 0.4) is 0 Å². The molecule has 1 heterocycles. The van der Waals surface area contributed by atoms with E-state index in [1.165, 1.54) is 11.1 Å². The van der Waals surface area contributed by atoms with Gasteiger partial charge in [-0.25, -0.2) is 0 Å². The first-order valence-electron chi connectivity index (χ1n) is 6.39. The van der Waals surface area contributed by atoms with Crippen molar-refractivity contribution < 1.29 is 0 Å². The maximum Gasteiger partial charge on any atom is 0.0695 e. The summed E-state index contributed by atoms with van der Waals surface area (Å²) in [6.45, 7) is 0.868. The van der Waals surface area contributed by atoms with Crippen LogP contribution >= 0.6 is 0 Å². The lowest BCUT2D eigenvalue weighted by molar-refractivity contribution is 0.539. The summed E-state index contributed by atoms with van der Waals surface area (Å²) in [7, 11) is 0. The fourth-order valence-electron chi connectivity index (χ4n) is 2.34. The van der Waals surface area contributed by atoms with Gasteiger partial charge in [0.15, 0.2) is 0 Å². The van der Waals surface area contributed by atoms with Gasteiger partial charge >= 0.3 is 0 Å². The molecular formula is C15H17N3. The fourth-order valence-corrected chi connectivity index (χ4v) is 2.34. The summed E-state index contributed by atoms with van der Waals surface area (Å²) in [5, 5.41) is 10.8. The summed E-state index contributed by atoms with van der Waals surface area (Å²) >= 11 is 0. The highest BCUT2D eigenvalue weighted by molar-refractivity contribution is 5.62. The smallest absolute Gasteiger partial charge is 0.0695 e. The van der Waals surface area contributed by atoms with Crippen molar-refractivity contribution in [1.82, 2.24) is 15.5 Å². The molecule has 0 saturated carbocycles. The molecule has 1 aromatic heterocycles. The number of hydrogen-bond donors (Lipinski definition) is 2. The van der Waals surface area contributed by atoms with Crippen molar-refractivity contribution in [2.75, 3.05) is 0 Å². The molecule has 0 atom stereocenters. The zero-order valence-electron chi connectivity index (χ0n) is 10.3. The summed E-state index contributed by atoms with van der Waals surface area (Å²) in [6.07, 6.45) is 8.67. The van der Waals surface area contributed by atoms with Crippen LogP contribution in [-0.4, -0.2) is 16.2 Å². The molecule has 0 bridgehead atoms. The van der Waals surface area contributed by atoms with Crippen LogP contribution in [-0.2, 0) is 6.54 Å². The molecule has 1 aromatic carbocycles. The first-order valence-corrected chi connectivity index (χ1v) is 6.39. The van der Waals surface area contributed by atoms with E-state index >= 15 is 0 Å². The predicted molar refractivity (Wildman–Crippen MR) is 73.0 cm³/mol. The number of rotatable bonds is 4. The van der Waals surface area contributed by atoms with Crippen molar-refractivity contribution in [2.24, 2.45) is 0 Å². The van der Waals surface area contributed by atoms with Gasteiger partial charge in [-0.3, -0.25) is 5.10 Å². The largest absolute Gasteiger partial charge is 0.309 e. The van der Waals surface area contributed by atoms with Gasteiger partial charge in [0.2, 0.25) is 0 Å². The Kier molecular flexibility index (Phi) is 3.24. The molecule has 2 N–H and O–H groups in total. The lowest BCUT2D eigenvalue weighted by Crippen LogP contribution is -2.25. The Morgan fingerprint density at radius 3 is 2.72 bits per heavy atom. The van der Waals surface area contributed by atoms with Crippen molar-refractivity contribution in [3.8, 4) is 11.3 Å². The Labute approximate surface area is 107 Å². The third kappa shape index (κ3) is 2.36. The third-order valence-electron chi connectivity index (χ3n) is 3.37. The van der Waals surface area contributed by atoms with Crippen LogP contribution in [0.5, 0.6) is 0 Å².